The van der Waals surface area contributed by atoms with Crippen molar-refractivity contribution in [3.63, 3.8) is 0 Å². The van der Waals surface area contributed by atoms with Gasteiger partial charge in [0.25, 0.3) is 0 Å². The second kappa shape index (κ2) is 6.46. The molecule has 0 spiro atoms. The van der Waals surface area contributed by atoms with E-state index in [0.717, 1.165) is 36.6 Å². The Labute approximate surface area is 119 Å². The van der Waals surface area contributed by atoms with E-state index in [0.29, 0.717) is 0 Å². The van der Waals surface area contributed by atoms with E-state index in [1.165, 1.54) is 4.70 Å². The topological polar surface area (TPSA) is 34.1 Å². The van der Waals surface area contributed by atoms with E-state index < -0.39 is 0 Å². The van der Waals surface area contributed by atoms with E-state index in [4.69, 9.17) is 4.74 Å². The number of hydrogen-bond donors (Lipinski definition) is 1. The van der Waals surface area contributed by atoms with Crippen LogP contribution in [0.4, 0.5) is 0 Å². The summed E-state index contributed by atoms with van der Waals surface area (Å²) in [5.41, 5.74) is 1.36. The van der Waals surface area contributed by atoms with Crippen molar-refractivity contribution >= 4 is 21.6 Å². The lowest BCUT2D eigenvalue weighted by molar-refractivity contribution is 0.150. The van der Waals surface area contributed by atoms with Gasteiger partial charge in [0.15, 0.2) is 0 Å². The molecular formula is C15H22N2OS. The quantitative estimate of drug-likeness (QED) is 0.842. The minimum Gasteiger partial charge on any atom is -0.385 e. The van der Waals surface area contributed by atoms with Crippen molar-refractivity contribution < 1.29 is 4.74 Å². The number of nitrogens with one attached hydrogen (secondary N) is 1. The normalized spacial score (nSPS) is 12.2. The Bertz CT molecular complexity index is 489. The van der Waals surface area contributed by atoms with Crippen LogP contribution < -0.4 is 5.32 Å². The second-order valence-corrected chi connectivity index (χ2v) is 6.70. The fourth-order valence-electron chi connectivity index (χ4n) is 1.97. The predicted octanol–water partition coefficient (Wildman–Crippen LogP) is 3.45. The molecule has 19 heavy (non-hydrogen) atoms. The molecular weight excluding hydrogens is 256 g/mol. The minimum absolute atomic E-state index is 0.257. The van der Waals surface area contributed by atoms with Crippen molar-refractivity contribution in [2.24, 2.45) is 5.41 Å². The van der Waals surface area contributed by atoms with Gasteiger partial charge in [-0.2, -0.15) is 0 Å². The minimum atomic E-state index is 0.257. The van der Waals surface area contributed by atoms with E-state index in [1.807, 2.05) is 6.07 Å². The van der Waals surface area contributed by atoms with Crippen molar-refractivity contribution in [2.75, 3.05) is 20.3 Å². The zero-order chi connectivity index (χ0) is 13.7. The molecule has 0 atom stereocenters. The third-order valence-electron chi connectivity index (χ3n) is 3.20. The molecule has 0 bridgehead atoms. The third kappa shape index (κ3) is 4.27. The van der Waals surface area contributed by atoms with Gasteiger partial charge in [-0.3, -0.25) is 0 Å². The van der Waals surface area contributed by atoms with E-state index in [2.05, 4.69) is 42.3 Å². The van der Waals surface area contributed by atoms with Gasteiger partial charge in [0.1, 0.15) is 5.01 Å². The molecule has 0 aliphatic heterocycles. The maximum atomic E-state index is 5.14. The zero-order valence-electron chi connectivity index (χ0n) is 11.9. The van der Waals surface area contributed by atoms with Crippen LogP contribution in [0.1, 0.15) is 25.3 Å². The van der Waals surface area contributed by atoms with E-state index in [9.17, 15) is 0 Å². The Balaban J connectivity index is 1.85. The van der Waals surface area contributed by atoms with Crippen LogP contribution in [0.5, 0.6) is 0 Å². The third-order valence-corrected chi connectivity index (χ3v) is 4.24. The summed E-state index contributed by atoms with van der Waals surface area (Å²) >= 11 is 1.77. The highest BCUT2D eigenvalue weighted by Gasteiger charge is 2.17. The number of thiazole rings is 1. The maximum absolute atomic E-state index is 5.14. The molecule has 0 fully saturated rings. The van der Waals surface area contributed by atoms with Gasteiger partial charge in [0, 0.05) is 26.8 Å². The number of nitrogens with zero attached hydrogens (tertiary/aromatic N) is 1. The molecule has 0 aliphatic rings. The first-order valence-electron chi connectivity index (χ1n) is 6.65. The molecule has 104 valence electrons. The van der Waals surface area contributed by atoms with Crippen LogP contribution in [0.25, 0.3) is 10.2 Å². The summed E-state index contributed by atoms with van der Waals surface area (Å²) < 4.78 is 6.41. The summed E-state index contributed by atoms with van der Waals surface area (Å²) in [4.78, 5) is 4.63. The van der Waals surface area contributed by atoms with E-state index in [1.54, 1.807) is 18.4 Å². The van der Waals surface area contributed by atoms with Crippen molar-refractivity contribution in [1.29, 1.82) is 0 Å². The van der Waals surface area contributed by atoms with Crippen LogP contribution in [-0.4, -0.2) is 25.2 Å². The first-order valence-corrected chi connectivity index (χ1v) is 7.46. The number of aromatic nitrogens is 1. The lowest BCUT2D eigenvalue weighted by Gasteiger charge is -2.24. The SMILES string of the molecule is COCCC(C)(C)CNCc1nc2ccccc2s1. The van der Waals surface area contributed by atoms with Crippen LogP contribution in [0.15, 0.2) is 24.3 Å². The van der Waals surface area contributed by atoms with E-state index in [-0.39, 0.29) is 5.41 Å². The standard InChI is InChI=1S/C15H22N2OS/c1-15(2,8-9-18-3)11-16-10-14-17-12-6-4-5-7-13(12)19-14/h4-7,16H,8-11H2,1-3H3. The molecule has 1 aromatic heterocycles. The zero-order valence-corrected chi connectivity index (χ0v) is 12.7. The Hall–Kier alpha value is -0.970. The molecule has 4 heteroatoms. The largest absolute Gasteiger partial charge is 0.385 e. The maximum Gasteiger partial charge on any atom is 0.108 e. The van der Waals surface area contributed by atoms with Gasteiger partial charge >= 0.3 is 0 Å². The lowest BCUT2D eigenvalue weighted by atomic mass is 9.90. The molecule has 0 amide bonds. The summed E-state index contributed by atoms with van der Waals surface area (Å²) in [6.07, 6.45) is 1.07. The summed E-state index contributed by atoms with van der Waals surface area (Å²) in [5.74, 6) is 0. The Morgan fingerprint density at radius 3 is 2.84 bits per heavy atom. The van der Waals surface area contributed by atoms with Crippen LogP contribution in [-0.2, 0) is 11.3 Å². The number of fused-ring (bicyclic) bond motifs is 1. The fraction of sp³-hybridized carbons (Fsp3) is 0.533. The van der Waals surface area contributed by atoms with Crippen LogP contribution in [0, 0.1) is 5.41 Å². The summed E-state index contributed by atoms with van der Waals surface area (Å²) in [6.45, 7) is 7.16. The molecule has 0 unspecified atom stereocenters. The number of para-hydroxylation sites is 1. The van der Waals surface area contributed by atoms with Crippen molar-refractivity contribution in [3.05, 3.63) is 29.3 Å². The van der Waals surface area contributed by atoms with Crippen LogP contribution in [0.2, 0.25) is 0 Å². The van der Waals surface area contributed by atoms with Crippen molar-refractivity contribution in [3.8, 4) is 0 Å². The molecule has 1 N–H and O–H groups in total. The first-order chi connectivity index (χ1) is 9.11. The average molecular weight is 278 g/mol. The molecule has 1 heterocycles. The average Bonchev–Trinajstić information content (AvgIpc) is 2.78. The first kappa shape index (κ1) is 14.4. The van der Waals surface area contributed by atoms with Gasteiger partial charge in [-0.1, -0.05) is 26.0 Å². The molecule has 2 aromatic rings. The highest BCUT2D eigenvalue weighted by Crippen LogP contribution is 2.22. The predicted molar refractivity (Wildman–Crippen MR) is 81.6 cm³/mol. The van der Waals surface area contributed by atoms with Gasteiger partial charge in [-0.25, -0.2) is 4.98 Å². The molecule has 0 saturated heterocycles. The van der Waals surface area contributed by atoms with Crippen LogP contribution >= 0.6 is 11.3 Å². The number of rotatable bonds is 7. The summed E-state index contributed by atoms with van der Waals surface area (Å²) in [5, 5.41) is 4.66. The smallest absolute Gasteiger partial charge is 0.108 e. The van der Waals surface area contributed by atoms with Gasteiger partial charge < -0.3 is 10.1 Å². The van der Waals surface area contributed by atoms with Gasteiger partial charge in [0.05, 0.1) is 10.2 Å². The Morgan fingerprint density at radius 1 is 1.32 bits per heavy atom. The molecule has 1 aromatic carbocycles. The molecule has 0 saturated carbocycles. The Morgan fingerprint density at radius 2 is 2.11 bits per heavy atom. The number of benzene rings is 1. The van der Waals surface area contributed by atoms with Crippen molar-refractivity contribution in [1.82, 2.24) is 10.3 Å². The number of methoxy groups -OCH3 is 1. The van der Waals surface area contributed by atoms with Gasteiger partial charge in [0.2, 0.25) is 0 Å². The van der Waals surface area contributed by atoms with Crippen molar-refractivity contribution in [2.45, 2.75) is 26.8 Å². The molecule has 0 aliphatic carbocycles. The molecule has 0 radical (unpaired) electrons. The monoisotopic (exact) mass is 278 g/mol. The highest BCUT2D eigenvalue weighted by molar-refractivity contribution is 7.18. The van der Waals surface area contributed by atoms with E-state index >= 15 is 0 Å². The number of hydrogen-bond acceptors (Lipinski definition) is 4. The molecule has 3 nitrogen and oxygen atoms in total. The summed E-state index contributed by atoms with van der Waals surface area (Å²) in [6, 6.07) is 8.29. The molecule has 2 rings (SSSR count). The lowest BCUT2D eigenvalue weighted by Crippen LogP contribution is -2.30. The second-order valence-electron chi connectivity index (χ2n) is 5.59. The summed E-state index contributed by atoms with van der Waals surface area (Å²) in [7, 11) is 1.75. The van der Waals surface area contributed by atoms with Gasteiger partial charge in [-0.15, -0.1) is 11.3 Å². The number of ether oxygens (including phenoxy) is 1. The Kier molecular flexibility index (Phi) is 4.91. The highest BCUT2D eigenvalue weighted by atomic mass is 32.1. The van der Waals surface area contributed by atoms with Crippen LogP contribution in [0.3, 0.4) is 0 Å². The fourth-order valence-corrected chi connectivity index (χ4v) is 2.91. The van der Waals surface area contributed by atoms with Gasteiger partial charge in [-0.05, 0) is 24.0 Å².